The van der Waals surface area contributed by atoms with Crippen molar-refractivity contribution < 1.29 is 14.3 Å². The summed E-state index contributed by atoms with van der Waals surface area (Å²) in [4.78, 5) is 22.3. The van der Waals surface area contributed by atoms with Crippen molar-refractivity contribution in [2.24, 2.45) is 0 Å². The Morgan fingerprint density at radius 3 is 2.50 bits per heavy atom. The van der Waals surface area contributed by atoms with Gasteiger partial charge < -0.3 is 4.74 Å². The Labute approximate surface area is 126 Å². The van der Waals surface area contributed by atoms with Gasteiger partial charge in [-0.15, -0.1) is 0 Å². The van der Waals surface area contributed by atoms with E-state index in [1.165, 1.54) is 13.2 Å². The Bertz CT molecular complexity index is 531. The van der Waals surface area contributed by atoms with Crippen molar-refractivity contribution >= 4 is 47.0 Å². The van der Waals surface area contributed by atoms with Gasteiger partial charge in [-0.1, -0.05) is 23.7 Å². The molecule has 0 aliphatic rings. The normalized spacial score (nSPS) is 9.90. The average Bonchev–Trinajstić information content (AvgIpc) is 2.44. The van der Waals surface area contributed by atoms with Gasteiger partial charge in [-0.2, -0.15) is 0 Å². The smallest absolute Gasteiger partial charge is 0.425 e. The molecule has 20 heavy (non-hydrogen) atoms. The highest BCUT2D eigenvalue weighted by atomic mass is 35.5. The highest BCUT2D eigenvalue weighted by Gasteiger charge is 2.02. The second-order valence-corrected chi connectivity index (χ2v) is 4.29. The number of carbonyl (C=O) groups excluding carboxylic acids is 2. The molecule has 0 aliphatic heterocycles. The lowest BCUT2D eigenvalue weighted by atomic mass is 10.2. The molecular formula is C12H12ClN3O3S. The number of halogens is 1. The van der Waals surface area contributed by atoms with E-state index >= 15 is 0 Å². The van der Waals surface area contributed by atoms with Crippen molar-refractivity contribution in [3.8, 4) is 0 Å². The van der Waals surface area contributed by atoms with E-state index in [1.54, 1.807) is 30.3 Å². The molecule has 1 aromatic carbocycles. The summed E-state index contributed by atoms with van der Waals surface area (Å²) < 4.78 is 4.31. The number of benzene rings is 1. The van der Waals surface area contributed by atoms with Crippen molar-refractivity contribution in [1.29, 1.82) is 0 Å². The molecule has 8 heteroatoms. The van der Waals surface area contributed by atoms with E-state index in [4.69, 9.17) is 23.8 Å². The van der Waals surface area contributed by atoms with Crippen LogP contribution in [0, 0.1) is 0 Å². The molecule has 2 amide bonds. The second-order valence-electron chi connectivity index (χ2n) is 3.44. The molecule has 1 rings (SSSR count). The molecule has 0 saturated carbocycles. The number of thiocarbonyl (C=S) groups is 1. The molecule has 106 valence electrons. The van der Waals surface area contributed by atoms with Crippen LogP contribution in [0.3, 0.4) is 0 Å². The SMILES string of the molecule is COC(=O)NNC(=S)NC(=O)/C=C/c1ccc(Cl)cc1. The Morgan fingerprint density at radius 1 is 1.25 bits per heavy atom. The molecule has 0 aliphatic carbocycles. The Hall–Kier alpha value is -2.12. The number of nitrogens with one attached hydrogen (secondary N) is 3. The van der Waals surface area contributed by atoms with E-state index in [2.05, 4.69) is 20.9 Å². The predicted octanol–water partition coefficient (Wildman–Crippen LogP) is 1.61. The molecule has 0 radical (unpaired) electrons. The third-order valence-electron chi connectivity index (χ3n) is 2.00. The van der Waals surface area contributed by atoms with Crippen molar-refractivity contribution in [2.75, 3.05) is 7.11 Å². The summed E-state index contributed by atoms with van der Waals surface area (Å²) >= 11 is 10.5. The van der Waals surface area contributed by atoms with Gasteiger partial charge in [-0.05, 0) is 36.0 Å². The second kappa shape index (κ2) is 8.13. The van der Waals surface area contributed by atoms with Crippen LogP contribution in [0.5, 0.6) is 0 Å². The van der Waals surface area contributed by atoms with Crippen LogP contribution in [0.1, 0.15) is 5.56 Å². The van der Waals surface area contributed by atoms with Gasteiger partial charge in [-0.3, -0.25) is 15.5 Å². The van der Waals surface area contributed by atoms with Gasteiger partial charge in [0.15, 0.2) is 5.11 Å². The van der Waals surface area contributed by atoms with Crippen molar-refractivity contribution in [1.82, 2.24) is 16.2 Å². The summed E-state index contributed by atoms with van der Waals surface area (Å²) in [5.41, 5.74) is 5.22. The van der Waals surface area contributed by atoms with Crippen LogP contribution >= 0.6 is 23.8 Å². The molecule has 6 nitrogen and oxygen atoms in total. The molecule has 0 aromatic heterocycles. The first kappa shape index (κ1) is 15.9. The van der Waals surface area contributed by atoms with Gasteiger partial charge in [0.2, 0.25) is 5.91 Å². The van der Waals surface area contributed by atoms with Gasteiger partial charge in [0.1, 0.15) is 0 Å². The van der Waals surface area contributed by atoms with E-state index in [9.17, 15) is 9.59 Å². The first-order valence-electron chi connectivity index (χ1n) is 5.40. The summed E-state index contributed by atoms with van der Waals surface area (Å²) in [5, 5.41) is 2.90. The number of hydrazine groups is 1. The maximum atomic E-state index is 11.5. The van der Waals surface area contributed by atoms with Gasteiger partial charge in [0.25, 0.3) is 0 Å². The molecular weight excluding hydrogens is 302 g/mol. The fraction of sp³-hybridized carbons (Fsp3) is 0.0833. The molecule has 0 saturated heterocycles. The molecule has 0 spiro atoms. The van der Waals surface area contributed by atoms with Gasteiger partial charge >= 0.3 is 6.09 Å². The van der Waals surface area contributed by atoms with Crippen LogP contribution in [0.4, 0.5) is 4.79 Å². The largest absolute Gasteiger partial charge is 0.452 e. The zero-order valence-electron chi connectivity index (χ0n) is 10.5. The van der Waals surface area contributed by atoms with Crippen LogP contribution in [0.2, 0.25) is 5.02 Å². The van der Waals surface area contributed by atoms with Crippen LogP contribution < -0.4 is 16.2 Å². The standard InChI is InChI=1S/C12H12ClN3O3S/c1-19-12(18)16-15-11(20)14-10(17)7-4-8-2-5-9(13)6-3-8/h2-7H,1H3,(H,16,18)(H2,14,15,17,20)/b7-4+. The molecule has 3 N–H and O–H groups in total. The Morgan fingerprint density at radius 2 is 1.90 bits per heavy atom. The number of amides is 2. The van der Waals surface area contributed by atoms with Crippen molar-refractivity contribution in [3.05, 3.63) is 40.9 Å². The minimum Gasteiger partial charge on any atom is -0.452 e. The lowest BCUT2D eigenvalue weighted by molar-refractivity contribution is -0.115. The van der Waals surface area contributed by atoms with Gasteiger partial charge in [0.05, 0.1) is 7.11 Å². The molecule has 0 bridgehead atoms. The number of hydrogen-bond donors (Lipinski definition) is 3. The van der Waals surface area contributed by atoms with Crippen molar-refractivity contribution in [3.63, 3.8) is 0 Å². The van der Waals surface area contributed by atoms with E-state index in [0.29, 0.717) is 5.02 Å². The number of ether oxygens (including phenoxy) is 1. The highest BCUT2D eigenvalue weighted by Crippen LogP contribution is 2.10. The third kappa shape index (κ3) is 6.17. The summed E-state index contributed by atoms with van der Waals surface area (Å²) in [7, 11) is 1.20. The zero-order valence-corrected chi connectivity index (χ0v) is 12.0. The van der Waals surface area contributed by atoms with E-state index in [-0.39, 0.29) is 5.11 Å². The van der Waals surface area contributed by atoms with E-state index in [1.807, 2.05) is 0 Å². The summed E-state index contributed by atoms with van der Waals surface area (Å²) in [5.74, 6) is -0.441. The summed E-state index contributed by atoms with van der Waals surface area (Å²) in [6.07, 6.45) is 2.18. The number of rotatable bonds is 2. The van der Waals surface area contributed by atoms with Gasteiger partial charge in [-0.25, -0.2) is 10.2 Å². The molecule has 1 aromatic rings. The molecule has 0 heterocycles. The van der Waals surface area contributed by atoms with E-state index < -0.39 is 12.0 Å². The maximum Gasteiger partial charge on any atom is 0.425 e. The van der Waals surface area contributed by atoms with Crippen LogP contribution in [-0.4, -0.2) is 24.2 Å². The predicted molar refractivity (Wildman–Crippen MR) is 79.9 cm³/mol. The number of methoxy groups -OCH3 is 1. The fourth-order valence-corrected chi connectivity index (χ4v) is 1.37. The van der Waals surface area contributed by atoms with Crippen molar-refractivity contribution in [2.45, 2.75) is 0 Å². The van der Waals surface area contributed by atoms with E-state index in [0.717, 1.165) is 5.56 Å². The first-order valence-corrected chi connectivity index (χ1v) is 6.18. The topological polar surface area (TPSA) is 79.5 Å². The van der Waals surface area contributed by atoms with Crippen LogP contribution in [-0.2, 0) is 9.53 Å². The van der Waals surface area contributed by atoms with Crippen LogP contribution in [0.15, 0.2) is 30.3 Å². The lowest BCUT2D eigenvalue weighted by Crippen LogP contribution is -2.48. The Balaban J connectivity index is 2.41. The third-order valence-corrected chi connectivity index (χ3v) is 2.45. The minimum absolute atomic E-state index is 0.0545. The minimum atomic E-state index is -0.724. The zero-order chi connectivity index (χ0) is 15.0. The highest BCUT2D eigenvalue weighted by molar-refractivity contribution is 7.80. The number of hydrogen-bond acceptors (Lipinski definition) is 4. The first-order chi connectivity index (χ1) is 9.51. The molecule has 0 fully saturated rings. The maximum absolute atomic E-state index is 11.5. The monoisotopic (exact) mass is 313 g/mol. The summed E-state index contributed by atoms with van der Waals surface area (Å²) in [6.45, 7) is 0. The lowest BCUT2D eigenvalue weighted by Gasteiger charge is -2.08. The average molecular weight is 314 g/mol. The molecule has 0 atom stereocenters. The Kier molecular flexibility index (Phi) is 6.48. The quantitative estimate of drug-likeness (QED) is 0.439. The number of carbonyl (C=O) groups is 2. The fourth-order valence-electron chi connectivity index (χ4n) is 1.09. The van der Waals surface area contributed by atoms with Gasteiger partial charge in [0, 0.05) is 11.1 Å². The molecule has 0 unspecified atom stereocenters. The van der Waals surface area contributed by atoms with Crippen LogP contribution in [0.25, 0.3) is 6.08 Å². The summed E-state index contributed by atoms with van der Waals surface area (Å²) in [6, 6.07) is 6.96.